The summed E-state index contributed by atoms with van der Waals surface area (Å²) < 4.78 is 5.11. The molecule has 11 heavy (non-hydrogen) atoms. The van der Waals surface area contributed by atoms with Crippen molar-refractivity contribution >= 4 is 5.91 Å². The predicted molar refractivity (Wildman–Crippen MR) is 38.9 cm³/mol. The molecule has 1 aromatic rings. The van der Waals surface area contributed by atoms with Gasteiger partial charge >= 0.3 is 0 Å². The maximum atomic E-state index is 10.4. The van der Waals surface area contributed by atoms with Gasteiger partial charge in [0.15, 0.2) is 0 Å². The first-order valence-electron chi connectivity index (χ1n) is 3.31. The molecule has 0 radical (unpaired) electrons. The summed E-state index contributed by atoms with van der Waals surface area (Å²) in [7, 11) is 0. The van der Waals surface area contributed by atoms with Crippen LogP contribution in [0.4, 0.5) is 0 Å². The maximum Gasteiger partial charge on any atom is 0.226 e. The van der Waals surface area contributed by atoms with Gasteiger partial charge in [0.05, 0.1) is 5.69 Å². The van der Waals surface area contributed by atoms with Gasteiger partial charge in [-0.05, 0) is 13.8 Å². The van der Waals surface area contributed by atoms with E-state index in [1.165, 1.54) is 0 Å². The van der Waals surface area contributed by atoms with Crippen LogP contribution in [0.15, 0.2) is 4.42 Å². The van der Waals surface area contributed by atoms with Gasteiger partial charge in [0.25, 0.3) is 0 Å². The Hall–Kier alpha value is -1.32. The number of hydrogen-bond donors (Lipinski definition) is 1. The molecular weight excluding hydrogens is 144 g/mol. The van der Waals surface area contributed by atoms with Crippen molar-refractivity contribution in [1.29, 1.82) is 0 Å². The molecule has 0 aliphatic carbocycles. The molecule has 0 fully saturated rings. The lowest BCUT2D eigenvalue weighted by Gasteiger charge is -1.86. The van der Waals surface area contributed by atoms with Crippen LogP contribution in [0.25, 0.3) is 0 Å². The minimum atomic E-state index is -0.425. The van der Waals surface area contributed by atoms with Crippen LogP contribution in [-0.2, 0) is 11.2 Å². The van der Waals surface area contributed by atoms with Gasteiger partial charge in [-0.2, -0.15) is 0 Å². The second kappa shape index (κ2) is 2.74. The minimum Gasteiger partial charge on any atom is -0.445 e. The van der Waals surface area contributed by atoms with Crippen LogP contribution in [0.5, 0.6) is 0 Å². The van der Waals surface area contributed by atoms with E-state index in [4.69, 9.17) is 10.2 Å². The summed E-state index contributed by atoms with van der Waals surface area (Å²) in [5.41, 5.74) is 5.75. The molecular formula is C7H10N2O2. The van der Waals surface area contributed by atoms with E-state index in [9.17, 15) is 4.79 Å². The molecule has 2 N–H and O–H groups in total. The van der Waals surface area contributed by atoms with Crippen molar-refractivity contribution < 1.29 is 9.21 Å². The first-order chi connectivity index (χ1) is 5.09. The van der Waals surface area contributed by atoms with Crippen LogP contribution < -0.4 is 5.73 Å². The lowest BCUT2D eigenvalue weighted by molar-refractivity contribution is -0.117. The summed E-state index contributed by atoms with van der Waals surface area (Å²) >= 11 is 0. The Labute approximate surface area is 64.4 Å². The molecule has 0 unspecified atom stereocenters. The summed E-state index contributed by atoms with van der Waals surface area (Å²) in [4.78, 5) is 14.4. The average molecular weight is 154 g/mol. The fourth-order valence-corrected chi connectivity index (χ4v) is 0.764. The van der Waals surface area contributed by atoms with E-state index >= 15 is 0 Å². The first-order valence-corrected chi connectivity index (χ1v) is 3.31. The van der Waals surface area contributed by atoms with E-state index in [0.717, 1.165) is 11.5 Å². The quantitative estimate of drug-likeness (QED) is 0.666. The molecule has 0 atom stereocenters. The van der Waals surface area contributed by atoms with Gasteiger partial charge < -0.3 is 10.2 Å². The fourth-order valence-electron chi connectivity index (χ4n) is 0.764. The largest absolute Gasteiger partial charge is 0.445 e. The monoisotopic (exact) mass is 154 g/mol. The second-order valence-corrected chi connectivity index (χ2v) is 2.39. The van der Waals surface area contributed by atoms with Crippen molar-refractivity contribution in [3.63, 3.8) is 0 Å². The summed E-state index contributed by atoms with van der Waals surface area (Å²) in [6, 6.07) is 0. The van der Waals surface area contributed by atoms with E-state index in [2.05, 4.69) is 4.98 Å². The maximum absolute atomic E-state index is 10.4. The Morgan fingerprint density at radius 3 is 2.64 bits per heavy atom. The Bertz CT molecular complexity index is 258. The van der Waals surface area contributed by atoms with Crippen molar-refractivity contribution in [3.8, 4) is 0 Å². The first kappa shape index (κ1) is 7.78. The topological polar surface area (TPSA) is 69.1 Å². The summed E-state index contributed by atoms with van der Waals surface area (Å²) in [5, 5.41) is 0. The highest BCUT2D eigenvalue weighted by Crippen LogP contribution is 2.07. The van der Waals surface area contributed by atoms with Crippen LogP contribution in [0.3, 0.4) is 0 Å². The van der Waals surface area contributed by atoms with Crippen molar-refractivity contribution in [3.05, 3.63) is 17.3 Å². The molecule has 0 aromatic carbocycles. The molecule has 0 bridgehead atoms. The van der Waals surface area contributed by atoms with Gasteiger partial charge in [-0.25, -0.2) is 4.98 Å². The molecule has 0 saturated carbocycles. The zero-order chi connectivity index (χ0) is 8.43. The number of nitrogens with two attached hydrogens (primary N) is 1. The molecule has 4 heteroatoms. The summed E-state index contributed by atoms with van der Waals surface area (Å²) in [6.07, 6.45) is 0.0781. The van der Waals surface area contributed by atoms with Gasteiger partial charge in [0.1, 0.15) is 12.2 Å². The Balaban J connectivity index is 2.81. The third-order valence-corrected chi connectivity index (χ3v) is 1.40. The molecule has 0 spiro atoms. The Morgan fingerprint density at radius 2 is 2.27 bits per heavy atom. The highest BCUT2D eigenvalue weighted by molar-refractivity contribution is 5.75. The standard InChI is InChI=1S/C7H10N2O2/c1-4-5(2)11-7(9-4)3-6(8)10/h3H2,1-2H3,(H2,8,10). The number of aryl methyl sites for hydroxylation is 2. The van der Waals surface area contributed by atoms with Crippen molar-refractivity contribution in [2.45, 2.75) is 20.3 Å². The van der Waals surface area contributed by atoms with Crippen molar-refractivity contribution in [1.82, 2.24) is 4.98 Å². The molecule has 0 saturated heterocycles. The van der Waals surface area contributed by atoms with Crippen molar-refractivity contribution in [2.24, 2.45) is 5.73 Å². The van der Waals surface area contributed by atoms with E-state index in [1.54, 1.807) is 6.92 Å². The zero-order valence-electron chi connectivity index (χ0n) is 6.55. The summed E-state index contributed by atoms with van der Waals surface area (Å²) in [6.45, 7) is 3.62. The molecule has 0 aliphatic heterocycles. The normalized spacial score (nSPS) is 10.0. The third kappa shape index (κ3) is 1.80. The lowest BCUT2D eigenvalue weighted by atomic mass is 10.4. The van der Waals surface area contributed by atoms with E-state index < -0.39 is 5.91 Å². The van der Waals surface area contributed by atoms with Gasteiger partial charge in [-0.1, -0.05) is 0 Å². The van der Waals surface area contributed by atoms with Crippen LogP contribution in [0.2, 0.25) is 0 Å². The number of primary amides is 1. The minimum absolute atomic E-state index is 0.0781. The number of hydrogen-bond acceptors (Lipinski definition) is 3. The van der Waals surface area contributed by atoms with Gasteiger partial charge in [-0.15, -0.1) is 0 Å². The van der Waals surface area contributed by atoms with E-state index in [0.29, 0.717) is 5.89 Å². The zero-order valence-corrected chi connectivity index (χ0v) is 6.55. The molecule has 60 valence electrons. The number of carbonyl (C=O) groups excluding carboxylic acids is 1. The van der Waals surface area contributed by atoms with Crippen LogP contribution in [-0.4, -0.2) is 10.9 Å². The number of amides is 1. The van der Waals surface area contributed by atoms with Gasteiger partial charge in [0.2, 0.25) is 11.8 Å². The predicted octanol–water partition coefficient (Wildman–Crippen LogP) is 0.319. The smallest absolute Gasteiger partial charge is 0.226 e. The number of rotatable bonds is 2. The number of oxazole rings is 1. The summed E-state index contributed by atoms with van der Waals surface area (Å²) in [5.74, 6) is 0.708. The molecule has 1 rings (SSSR count). The van der Waals surface area contributed by atoms with Crippen LogP contribution >= 0.6 is 0 Å². The van der Waals surface area contributed by atoms with Crippen LogP contribution in [0, 0.1) is 13.8 Å². The molecule has 1 amide bonds. The second-order valence-electron chi connectivity index (χ2n) is 2.39. The van der Waals surface area contributed by atoms with Crippen LogP contribution in [0.1, 0.15) is 17.3 Å². The highest BCUT2D eigenvalue weighted by atomic mass is 16.4. The Kier molecular flexibility index (Phi) is 1.94. The Morgan fingerprint density at radius 1 is 1.64 bits per heavy atom. The number of aromatic nitrogens is 1. The average Bonchev–Trinajstić information content (AvgIpc) is 2.10. The molecule has 1 heterocycles. The van der Waals surface area contributed by atoms with Gasteiger partial charge in [0, 0.05) is 0 Å². The molecule has 1 aromatic heterocycles. The van der Waals surface area contributed by atoms with E-state index in [1.807, 2.05) is 6.92 Å². The van der Waals surface area contributed by atoms with E-state index in [-0.39, 0.29) is 6.42 Å². The highest BCUT2D eigenvalue weighted by Gasteiger charge is 2.07. The lowest BCUT2D eigenvalue weighted by Crippen LogP contribution is -2.13. The van der Waals surface area contributed by atoms with Crippen molar-refractivity contribution in [2.75, 3.05) is 0 Å². The third-order valence-electron chi connectivity index (χ3n) is 1.40. The number of nitrogens with zero attached hydrogens (tertiary/aromatic N) is 1. The SMILES string of the molecule is Cc1nc(CC(N)=O)oc1C. The number of carbonyl (C=O) groups is 1. The molecule has 0 aliphatic rings. The fraction of sp³-hybridized carbons (Fsp3) is 0.429. The van der Waals surface area contributed by atoms with Gasteiger partial charge in [-0.3, -0.25) is 4.79 Å². The molecule has 4 nitrogen and oxygen atoms in total.